The van der Waals surface area contributed by atoms with Gasteiger partial charge in [-0.3, -0.25) is 23.7 Å². The van der Waals surface area contributed by atoms with Gasteiger partial charge in [0.15, 0.2) is 5.65 Å². The fraction of sp³-hybridized carbons (Fsp3) is 0.300. The zero-order valence-electron chi connectivity index (χ0n) is 16.7. The minimum absolute atomic E-state index is 0.264. The second-order valence-corrected chi connectivity index (χ2v) is 6.89. The third-order valence-corrected chi connectivity index (χ3v) is 4.75. The maximum absolute atomic E-state index is 12.8. The molecule has 0 fully saturated rings. The Morgan fingerprint density at radius 3 is 2.47 bits per heavy atom. The highest BCUT2D eigenvalue weighted by molar-refractivity contribution is 5.95. The molecule has 0 saturated carbocycles. The van der Waals surface area contributed by atoms with E-state index in [-0.39, 0.29) is 17.1 Å². The van der Waals surface area contributed by atoms with Gasteiger partial charge in [0.25, 0.3) is 11.5 Å². The van der Waals surface area contributed by atoms with E-state index in [0.717, 1.165) is 6.42 Å². The molecule has 0 saturated heterocycles. The lowest BCUT2D eigenvalue weighted by Gasteiger charge is -2.09. The first-order chi connectivity index (χ1) is 14.5. The van der Waals surface area contributed by atoms with E-state index in [1.165, 1.54) is 38.6 Å². The van der Waals surface area contributed by atoms with Crippen LogP contribution < -0.4 is 11.2 Å². The largest absolute Gasteiger partial charge is 0.332 e. The molecule has 0 aliphatic heterocycles. The van der Waals surface area contributed by atoms with E-state index in [4.69, 9.17) is 0 Å². The van der Waals surface area contributed by atoms with Crippen LogP contribution in [0.3, 0.4) is 0 Å². The molecule has 0 amide bonds. The van der Waals surface area contributed by atoms with Crippen molar-refractivity contribution in [1.82, 2.24) is 33.9 Å². The summed E-state index contributed by atoms with van der Waals surface area (Å²) in [5, 5.41) is 4.12. The zero-order valence-corrected chi connectivity index (χ0v) is 16.7. The summed E-state index contributed by atoms with van der Waals surface area (Å²) in [5.74, 6) is 0.0577. The number of aromatic amines is 1. The average molecular weight is 407 g/mol. The molecule has 0 unspecified atom stereocenters. The highest BCUT2D eigenvalue weighted by Crippen LogP contribution is 2.18. The molecule has 30 heavy (non-hydrogen) atoms. The predicted molar refractivity (Wildman–Crippen MR) is 110 cm³/mol. The van der Waals surface area contributed by atoms with Crippen LogP contribution in [0.1, 0.15) is 37.0 Å². The Balaban J connectivity index is 1.81. The molecular formula is C20H21N7O3. The van der Waals surface area contributed by atoms with Crippen molar-refractivity contribution in [3.05, 3.63) is 63.3 Å². The summed E-state index contributed by atoms with van der Waals surface area (Å²) in [5.41, 5.74) is 0.789. The Morgan fingerprint density at radius 2 is 1.77 bits per heavy atom. The summed E-state index contributed by atoms with van der Waals surface area (Å²) in [6, 6.07) is 3.20. The van der Waals surface area contributed by atoms with Crippen LogP contribution in [0.5, 0.6) is 0 Å². The van der Waals surface area contributed by atoms with Gasteiger partial charge in [-0.15, -0.1) is 0 Å². The third kappa shape index (κ3) is 3.25. The molecule has 1 N–H and O–H groups in total. The number of H-pyrrole nitrogens is 1. The Bertz CT molecular complexity index is 1330. The molecule has 0 aliphatic carbocycles. The van der Waals surface area contributed by atoms with Gasteiger partial charge in [0.05, 0.1) is 11.8 Å². The van der Waals surface area contributed by atoms with Crippen molar-refractivity contribution in [2.75, 3.05) is 0 Å². The van der Waals surface area contributed by atoms with Crippen molar-refractivity contribution in [3.8, 4) is 11.4 Å². The molecule has 4 rings (SSSR count). The summed E-state index contributed by atoms with van der Waals surface area (Å²) in [4.78, 5) is 49.6. The van der Waals surface area contributed by atoms with E-state index in [1.54, 1.807) is 12.1 Å². The Hall–Kier alpha value is -3.82. The summed E-state index contributed by atoms with van der Waals surface area (Å²) in [6.07, 6.45) is 7.48. The van der Waals surface area contributed by atoms with E-state index < -0.39 is 5.56 Å². The van der Waals surface area contributed by atoms with Gasteiger partial charge in [0.2, 0.25) is 0 Å². The number of hydrogen-bond donors (Lipinski definition) is 1. The summed E-state index contributed by atoms with van der Waals surface area (Å²) in [6.45, 7) is 4.65. The molecule has 4 aromatic heterocycles. The monoisotopic (exact) mass is 407 g/mol. The third-order valence-electron chi connectivity index (χ3n) is 4.75. The van der Waals surface area contributed by atoms with Crippen LogP contribution in [0.15, 0.2) is 46.5 Å². The van der Waals surface area contributed by atoms with Crippen LogP contribution in [0.4, 0.5) is 0 Å². The smallest absolute Gasteiger partial charge is 0.332 e. The lowest BCUT2D eigenvalue weighted by Crippen LogP contribution is -2.40. The molecular weight excluding hydrogens is 386 g/mol. The van der Waals surface area contributed by atoms with Crippen molar-refractivity contribution < 1.29 is 4.79 Å². The molecule has 0 bridgehead atoms. The van der Waals surface area contributed by atoms with Gasteiger partial charge in [-0.1, -0.05) is 13.8 Å². The number of rotatable bonds is 6. The second-order valence-electron chi connectivity index (χ2n) is 6.89. The van der Waals surface area contributed by atoms with Gasteiger partial charge in [-0.25, -0.2) is 14.5 Å². The number of aryl methyl sites for hydroxylation is 1. The molecule has 0 aromatic carbocycles. The first-order valence-corrected chi connectivity index (χ1v) is 9.78. The minimum atomic E-state index is -0.400. The SMILES string of the molecule is CCCn1c(=O)c2[nH]c(-c3cnn(C(=O)c4ccncc4)c3)nc2n(CCC)c1=O. The molecule has 0 atom stereocenters. The first kappa shape index (κ1) is 19.5. The Labute approximate surface area is 170 Å². The number of aromatic nitrogens is 7. The first-order valence-electron chi connectivity index (χ1n) is 9.78. The highest BCUT2D eigenvalue weighted by Gasteiger charge is 2.19. The van der Waals surface area contributed by atoms with Crippen molar-refractivity contribution >= 4 is 17.1 Å². The number of fused-ring (bicyclic) bond motifs is 1. The quantitative estimate of drug-likeness (QED) is 0.519. The topological polar surface area (TPSA) is 120 Å². The zero-order chi connectivity index (χ0) is 21.3. The predicted octanol–water partition coefficient (Wildman–Crippen LogP) is 1.65. The van der Waals surface area contributed by atoms with Crippen LogP contribution in [0.25, 0.3) is 22.6 Å². The number of carbonyl (C=O) groups excluding carboxylic acids is 1. The van der Waals surface area contributed by atoms with Crippen molar-refractivity contribution in [2.24, 2.45) is 0 Å². The number of imidazole rings is 1. The summed E-state index contributed by atoms with van der Waals surface area (Å²) in [7, 11) is 0. The van der Waals surface area contributed by atoms with E-state index in [0.29, 0.717) is 42.1 Å². The molecule has 0 aliphatic rings. The summed E-state index contributed by atoms with van der Waals surface area (Å²) < 4.78 is 3.95. The molecule has 154 valence electrons. The number of nitrogens with one attached hydrogen (secondary N) is 1. The van der Waals surface area contributed by atoms with E-state index >= 15 is 0 Å². The summed E-state index contributed by atoms with van der Waals surface area (Å²) >= 11 is 0. The lowest BCUT2D eigenvalue weighted by molar-refractivity contribution is 0.0945. The van der Waals surface area contributed by atoms with Crippen LogP contribution in [-0.2, 0) is 13.1 Å². The molecule has 4 heterocycles. The van der Waals surface area contributed by atoms with Gasteiger partial charge in [0, 0.05) is 37.2 Å². The van der Waals surface area contributed by atoms with E-state index in [1.807, 2.05) is 13.8 Å². The Kier molecular flexibility index (Phi) is 5.13. The van der Waals surface area contributed by atoms with Gasteiger partial charge < -0.3 is 4.98 Å². The van der Waals surface area contributed by atoms with Gasteiger partial charge in [-0.05, 0) is 25.0 Å². The van der Waals surface area contributed by atoms with Crippen LogP contribution >= 0.6 is 0 Å². The highest BCUT2D eigenvalue weighted by atomic mass is 16.2. The maximum Gasteiger partial charge on any atom is 0.332 e. The van der Waals surface area contributed by atoms with Crippen LogP contribution in [0.2, 0.25) is 0 Å². The van der Waals surface area contributed by atoms with Crippen molar-refractivity contribution in [3.63, 3.8) is 0 Å². The Morgan fingerprint density at radius 1 is 1.07 bits per heavy atom. The van der Waals surface area contributed by atoms with Gasteiger partial charge in [-0.2, -0.15) is 5.10 Å². The fourth-order valence-electron chi connectivity index (χ4n) is 3.33. The molecule has 10 heteroatoms. The minimum Gasteiger partial charge on any atom is -0.332 e. The number of pyridine rings is 1. The van der Waals surface area contributed by atoms with Crippen molar-refractivity contribution in [2.45, 2.75) is 39.8 Å². The van der Waals surface area contributed by atoms with E-state index in [2.05, 4.69) is 20.1 Å². The maximum atomic E-state index is 12.8. The molecule has 10 nitrogen and oxygen atoms in total. The second kappa shape index (κ2) is 7.90. The standard InChI is InChI=1S/C20H21N7O3/c1-3-9-25-17-15(19(29)26(10-4-2)20(25)30)23-16(24-17)14-11-22-27(12-14)18(28)13-5-7-21-8-6-13/h5-8,11-12H,3-4,9-10H2,1-2H3,(H,23,24). The normalized spacial score (nSPS) is 11.3. The van der Waals surface area contributed by atoms with E-state index in [9.17, 15) is 14.4 Å². The molecule has 0 radical (unpaired) electrons. The van der Waals surface area contributed by atoms with Gasteiger partial charge >= 0.3 is 5.69 Å². The van der Waals surface area contributed by atoms with Crippen LogP contribution in [-0.4, -0.2) is 39.8 Å². The van der Waals surface area contributed by atoms with Gasteiger partial charge in [0.1, 0.15) is 11.3 Å². The van der Waals surface area contributed by atoms with Crippen LogP contribution in [0, 0.1) is 0 Å². The average Bonchev–Trinajstić information content (AvgIpc) is 3.42. The lowest BCUT2D eigenvalue weighted by atomic mass is 10.2. The van der Waals surface area contributed by atoms with Crippen molar-refractivity contribution in [1.29, 1.82) is 0 Å². The number of hydrogen-bond acceptors (Lipinski definition) is 6. The molecule has 4 aromatic rings. The molecule has 0 spiro atoms. The number of carbonyl (C=O) groups is 1. The number of nitrogens with zero attached hydrogens (tertiary/aromatic N) is 6. The fourth-order valence-corrected chi connectivity index (χ4v) is 3.33.